The summed E-state index contributed by atoms with van der Waals surface area (Å²) in [6.07, 6.45) is 3.65. The van der Waals surface area contributed by atoms with Gasteiger partial charge in [0.2, 0.25) is 0 Å². The van der Waals surface area contributed by atoms with Gasteiger partial charge in [-0.2, -0.15) is 0 Å². The number of ether oxygens (including phenoxy) is 1. The van der Waals surface area contributed by atoms with Gasteiger partial charge in [-0.3, -0.25) is 13.9 Å². The Labute approximate surface area is 132 Å². The van der Waals surface area contributed by atoms with Crippen molar-refractivity contribution in [2.45, 2.75) is 44.9 Å². The number of fused-ring (bicyclic) bond motifs is 1. The van der Waals surface area contributed by atoms with E-state index in [9.17, 15) is 14.7 Å². The summed E-state index contributed by atoms with van der Waals surface area (Å²) in [7, 11) is 1.59. The molecule has 0 radical (unpaired) electrons. The molecule has 3 rings (SSSR count). The van der Waals surface area contributed by atoms with Crippen molar-refractivity contribution < 1.29 is 9.84 Å². The average molecular weight is 322 g/mol. The molecule has 1 aliphatic rings. The molecule has 1 fully saturated rings. The summed E-state index contributed by atoms with van der Waals surface area (Å²) in [5.74, 6) is 0. The summed E-state index contributed by atoms with van der Waals surface area (Å²) in [4.78, 5) is 29.5. The highest BCUT2D eigenvalue weighted by Crippen LogP contribution is 2.20. The molecule has 8 heteroatoms. The summed E-state index contributed by atoms with van der Waals surface area (Å²) in [6.45, 7) is 3.32. The summed E-state index contributed by atoms with van der Waals surface area (Å²) < 4.78 is 9.53. The highest BCUT2D eigenvalue weighted by Gasteiger charge is 2.32. The Morgan fingerprint density at radius 1 is 1.43 bits per heavy atom. The molecule has 0 saturated carbocycles. The van der Waals surface area contributed by atoms with Crippen LogP contribution in [0.4, 0.5) is 0 Å². The van der Waals surface area contributed by atoms with Gasteiger partial charge in [0.05, 0.1) is 19.5 Å². The molecule has 126 valence electrons. The maximum Gasteiger partial charge on any atom is 0.332 e. The van der Waals surface area contributed by atoms with E-state index < -0.39 is 16.9 Å². The molecule has 1 unspecified atom stereocenters. The molecule has 23 heavy (non-hydrogen) atoms. The highest BCUT2D eigenvalue weighted by molar-refractivity contribution is 5.69. The summed E-state index contributed by atoms with van der Waals surface area (Å²) in [5.41, 5.74) is -1.29. The van der Waals surface area contributed by atoms with Crippen molar-refractivity contribution in [3.05, 3.63) is 27.2 Å². The highest BCUT2D eigenvalue weighted by atomic mass is 16.5. The number of nitrogens with zero attached hydrogens (tertiary/aromatic N) is 4. The minimum atomic E-state index is -1.18. The van der Waals surface area contributed by atoms with Crippen LogP contribution in [0, 0.1) is 0 Å². The van der Waals surface area contributed by atoms with Crippen LogP contribution in [0.1, 0.15) is 26.2 Å². The van der Waals surface area contributed by atoms with Crippen molar-refractivity contribution in [3.8, 4) is 0 Å². The minimum absolute atomic E-state index is 0.0637. The molecule has 2 aromatic heterocycles. The predicted molar refractivity (Wildman–Crippen MR) is 84.5 cm³/mol. The largest absolute Gasteiger partial charge is 0.386 e. The van der Waals surface area contributed by atoms with Crippen LogP contribution >= 0.6 is 0 Å². The third-order valence-corrected chi connectivity index (χ3v) is 4.32. The van der Waals surface area contributed by atoms with Crippen LogP contribution in [-0.4, -0.2) is 42.6 Å². The van der Waals surface area contributed by atoms with E-state index in [1.54, 1.807) is 17.9 Å². The molecule has 1 atom stereocenters. The first-order chi connectivity index (χ1) is 11.0. The number of rotatable bonds is 4. The van der Waals surface area contributed by atoms with Crippen molar-refractivity contribution >= 4 is 11.2 Å². The Balaban J connectivity index is 2.14. The molecule has 0 amide bonds. The van der Waals surface area contributed by atoms with E-state index in [1.807, 2.05) is 6.92 Å². The fourth-order valence-corrected chi connectivity index (χ4v) is 3.13. The second-order valence-electron chi connectivity index (χ2n) is 6.22. The molecule has 0 aliphatic carbocycles. The lowest BCUT2D eigenvalue weighted by Gasteiger charge is -2.32. The quantitative estimate of drug-likeness (QED) is 0.845. The summed E-state index contributed by atoms with van der Waals surface area (Å²) in [5, 5.41) is 10.6. The Morgan fingerprint density at radius 2 is 2.22 bits per heavy atom. The van der Waals surface area contributed by atoms with Gasteiger partial charge in [-0.05, 0) is 19.3 Å². The van der Waals surface area contributed by atoms with Crippen molar-refractivity contribution in [2.75, 3.05) is 13.2 Å². The second kappa shape index (κ2) is 5.93. The monoisotopic (exact) mass is 322 g/mol. The predicted octanol–water partition coefficient (Wildman–Crippen LogP) is -0.152. The Hall–Kier alpha value is -1.93. The van der Waals surface area contributed by atoms with Crippen molar-refractivity contribution in [1.82, 2.24) is 18.7 Å². The first kappa shape index (κ1) is 15.9. The van der Waals surface area contributed by atoms with E-state index in [4.69, 9.17) is 4.74 Å². The van der Waals surface area contributed by atoms with Gasteiger partial charge in [0.25, 0.3) is 5.56 Å². The van der Waals surface area contributed by atoms with E-state index in [2.05, 4.69) is 4.98 Å². The first-order valence-corrected chi connectivity index (χ1v) is 7.91. The zero-order chi connectivity index (χ0) is 16.6. The lowest BCUT2D eigenvalue weighted by molar-refractivity contribution is -0.0952. The molecular weight excluding hydrogens is 300 g/mol. The molecule has 3 heterocycles. The number of hydrogen-bond acceptors (Lipinski definition) is 5. The standard InChI is InChI=1S/C15H22N4O4/c1-3-6-18-10-16-12-11(18)13(20)19(14(21)17(12)2)8-15(22)5-4-7-23-9-15/h10,22H,3-9H2,1-2H3. The third kappa shape index (κ3) is 2.72. The van der Waals surface area contributed by atoms with Crippen LogP contribution in [0.2, 0.25) is 0 Å². The van der Waals surface area contributed by atoms with Crippen LogP contribution in [0.5, 0.6) is 0 Å². The average Bonchev–Trinajstić information content (AvgIpc) is 2.95. The van der Waals surface area contributed by atoms with E-state index >= 15 is 0 Å². The summed E-state index contributed by atoms with van der Waals surface area (Å²) >= 11 is 0. The van der Waals surface area contributed by atoms with Crippen LogP contribution in [0.25, 0.3) is 11.2 Å². The van der Waals surface area contributed by atoms with Crippen molar-refractivity contribution in [3.63, 3.8) is 0 Å². The van der Waals surface area contributed by atoms with E-state index in [-0.39, 0.29) is 13.2 Å². The van der Waals surface area contributed by atoms with Gasteiger partial charge in [-0.1, -0.05) is 6.92 Å². The maximum absolute atomic E-state index is 12.8. The smallest absolute Gasteiger partial charge is 0.332 e. The Kier molecular flexibility index (Phi) is 4.11. The summed E-state index contributed by atoms with van der Waals surface area (Å²) in [6, 6.07) is 0. The molecule has 1 saturated heterocycles. The minimum Gasteiger partial charge on any atom is -0.386 e. The van der Waals surface area contributed by atoms with Gasteiger partial charge in [0, 0.05) is 20.2 Å². The van der Waals surface area contributed by atoms with Gasteiger partial charge in [0.15, 0.2) is 11.2 Å². The molecule has 0 spiro atoms. The SMILES string of the molecule is CCCn1cnc2c1c(=O)n(CC1(O)CCCOC1)c(=O)n2C. The zero-order valence-corrected chi connectivity index (χ0v) is 13.5. The topological polar surface area (TPSA) is 91.3 Å². The fourth-order valence-electron chi connectivity index (χ4n) is 3.13. The van der Waals surface area contributed by atoms with Crippen LogP contribution in [0.15, 0.2) is 15.9 Å². The van der Waals surface area contributed by atoms with Gasteiger partial charge in [-0.15, -0.1) is 0 Å². The molecule has 1 aliphatic heterocycles. The zero-order valence-electron chi connectivity index (χ0n) is 13.5. The van der Waals surface area contributed by atoms with Gasteiger partial charge < -0.3 is 14.4 Å². The van der Waals surface area contributed by atoms with Crippen LogP contribution < -0.4 is 11.2 Å². The third-order valence-electron chi connectivity index (χ3n) is 4.32. The van der Waals surface area contributed by atoms with E-state index in [1.165, 1.54) is 4.57 Å². The molecular formula is C15H22N4O4. The molecule has 2 aromatic rings. The van der Waals surface area contributed by atoms with Crippen LogP contribution in [0.3, 0.4) is 0 Å². The molecule has 0 aromatic carbocycles. The lowest BCUT2D eigenvalue weighted by atomic mass is 9.97. The normalized spacial score (nSPS) is 21.9. The number of aryl methyl sites for hydroxylation is 2. The molecule has 0 bridgehead atoms. The van der Waals surface area contributed by atoms with Crippen molar-refractivity contribution in [2.24, 2.45) is 7.05 Å². The van der Waals surface area contributed by atoms with Gasteiger partial charge >= 0.3 is 5.69 Å². The Bertz CT molecular complexity index is 826. The molecule has 8 nitrogen and oxygen atoms in total. The van der Waals surface area contributed by atoms with Crippen molar-refractivity contribution in [1.29, 1.82) is 0 Å². The lowest BCUT2D eigenvalue weighted by Crippen LogP contribution is -2.50. The van der Waals surface area contributed by atoms with Gasteiger partial charge in [-0.25, -0.2) is 9.78 Å². The van der Waals surface area contributed by atoms with E-state index in [0.717, 1.165) is 11.0 Å². The van der Waals surface area contributed by atoms with E-state index in [0.29, 0.717) is 37.2 Å². The van der Waals surface area contributed by atoms with Gasteiger partial charge in [0.1, 0.15) is 5.60 Å². The number of aromatic nitrogens is 4. The second-order valence-corrected chi connectivity index (χ2v) is 6.22. The number of imidazole rings is 1. The fraction of sp³-hybridized carbons (Fsp3) is 0.667. The maximum atomic E-state index is 12.8. The number of hydrogen-bond donors (Lipinski definition) is 1. The Morgan fingerprint density at radius 3 is 2.87 bits per heavy atom. The van der Waals surface area contributed by atoms with Crippen LogP contribution in [-0.2, 0) is 24.9 Å². The molecule has 1 N–H and O–H groups in total. The first-order valence-electron chi connectivity index (χ1n) is 7.91. The number of aliphatic hydroxyl groups is 1.